The summed E-state index contributed by atoms with van der Waals surface area (Å²) in [5.74, 6) is -0.589. The van der Waals surface area contributed by atoms with Crippen molar-refractivity contribution in [3.63, 3.8) is 0 Å². The summed E-state index contributed by atoms with van der Waals surface area (Å²) < 4.78 is 44.5. The van der Waals surface area contributed by atoms with Gasteiger partial charge in [0.2, 0.25) is 0 Å². The van der Waals surface area contributed by atoms with Crippen molar-refractivity contribution in [2.75, 3.05) is 26.8 Å². The van der Waals surface area contributed by atoms with Gasteiger partial charge in [0.25, 0.3) is 5.91 Å². The summed E-state index contributed by atoms with van der Waals surface area (Å²) >= 11 is 0. The lowest BCUT2D eigenvalue weighted by Crippen LogP contribution is -2.49. The monoisotopic (exact) mass is 347 g/mol. The summed E-state index contributed by atoms with van der Waals surface area (Å²) in [6.07, 6.45) is -5.64. The van der Waals surface area contributed by atoms with Crippen LogP contribution in [-0.2, 0) is 15.7 Å². The van der Waals surface area contributed by atoms with Crippen LogP contribution in [0.2, 0.25) is 0 Å². The number of methoxy groups -OCH3 is 1. The van der Waals surface area contributed by atoms with Crippen molar-refractivity contribution >= 4 is 5.91 Å². The third-order valence-electron chi connectivity index (χ3n) is 4.31. The maximum absolute atomic E-state index is 13.2. The summed E-state index contributed by atoms with van der Waals surface area (Å²) in [4.78, 5) is 14.0. The average molecular weight is 347 g/mol. The van der Waals surface area contributed by atoms with E-state index in [2.05, 4.69) is 0 Å². The van der Waals surface area contributed by atoms with Crippen LogP contribution in [0.4, 0.5) is 13.2 Å². The van der Waals surface area contributed by atoms with Crippen LogP contribution in [0.1, 0.15) is 30.1 Å². The predicted octanol–water partition coefficient (Wildman–Crippen LogP) is 1.74. The molecule has 1 aliphatic rings. The van der Waals surface area contributed by atoms with Gasteiger partial charge in [0.15, 0.2) is 6.10 Å². The van der Waals surface area contributed by atoms with Crippen molar-refractivity contribution in [3.05, 3.63) is 35.4 Å². The van der Waals surface area contributed by atoms with Crippen molar-refractivity contribution in [2.45, 2.75) is 30.7 Å². The highest BCUT2D eigenvalue weighted by atomic mass is 19.4. The molecule has 1 fully saturated rings. The molecule has 1 unspecified atom stereocenters. The standard InChI is InChI=1S/C16H20F3NO4/c1-24-13(11-4-2-3-5-12(11)16(17,18)19)14(22)20-8-6-15(23,10-21)7-9-20/h2-5,13,21,23H,6-10H2,1H3. The summed E-state index contributed by atoms with van der Waals surface area (Å²) in [5.41, 5.74) is -2.39. The first kappa shape index (κ1) is 18.7. The number of rotatable bonds is 4. The third kappa shape index (κ3) is 3.88. The molecule has 2 rings (SSSR count). The lowest BCUT2D eigenvalue weighted by molar-refractivity contribution is -0.150. The fraction of sp³-hybridized carbons (Fsp3) is 0.562. The number of likely N-dealkylation sites (tertiary alicyclic amines) is 1. The number of amides is 1. The van der Waals surface area contributed by atoms with E-state index in [1.165, 1.54) is 30.2 Å². The summed E-state index contributed by atoms with van der Waals surface area (Å²) in [6.45, 7) is -0.131. The first-order valence-electron chi connectivity index (χ1n) is 7.53. The van der Waals surface area contributed by atoms with Crippen LogP contribution in [0, 0.1) is 0 Å². The van der Waals surface area contributed by atoms with Gasteiger partial charge in [-0.3, -0.25) is 4.79 Å². The smallest absolute Gasteiger partial charge is 0.393 e. The van der Waals surface area contributed by atoms with Crippen LogP contribution in [0.15, 0.2) is 24.3 Å². The fourth-order valence-electron chi connectivity index (χ4n) is 2.81. The molecular weight excluding hydrogens is 327 g/mol. The van der Waals surface area contributed by atoms with E-state index in [9.17, 15) is 23.1 Å². The topological polar surface area (TPSA) is 70.0 Å². The highest BCUT2D eigenvalue weighted by molar-refractivity contribution is 5.83. The number of hydrogen-bond donors (Lipinski definition) is 2. The number of halogens is 3. The highest BCUT2D eigenvalue weighted by Crippen LogP contribution is 2.36. The Balaban J connectivity index is 2.22. The Morgan fingerprint density at radius 1 is 1.33 bits per heavy atom. The number of nitrogens with zero attached hydrogens (tertiary/aromatic N) is 1. The molecule has 8 heteroatoms. The van der Waals surface area contributed by atoms with Gasteiger partial charge >= 0.3 is 6.18 Å². The molecule has 1 saturated heterocycles. The number of carbonyl (C=O) groups excluding carboxylic acids is 1. The van der Waals surface area contributed by atoms with Crippen molar-refractivity contribution in [1.29, 1.82) is 0 Å². The second-order valence-corrected chi connectivity index (χ2v) is 5.91. The van der Waals surface area contributed by atoms with Gasteiger partial charge in [0.05, 0.1) is 17.8 Å². The van der Waals surface area contributed by atoms with E-state index < -0.39 is 36.0 Å². The van der Waals surface area contributed by atoms with Gasteiger partial charge in [0, 0.05) is 25.8 Å². The third-order valence-corrected chi connectivity index (χ3v) is 4.31. The molecule has 2 N–H and O–H groups in total. The Labute approximate surface area is 137 Å². The minimum atomic E-state index is -4.59. The van der Waals surface area contributed by atoms with Crippen LogP contribution in [0.3, 0.4) is 0 Å². The molecule has 1 amide bonds. The minimum absolute atomic E-state index is 0.143. The van der Waals surface area contributed by atoms with Crippen molar-refractivity contribution in [3.8, 4) is 0 Å². The fourth-order valence-corrected chi connectivity index (χ4v) is 2.81. The van der Waals surface area contributed by atoms with E-state index >= 15 is 0 Å². The second kappa shape index (κ2) is 7.08. The first-order valence-corrected chi connectivity index (χ1v) is 7.53. The van der Waals surface area contributed by atoms with Gasteiger partial charge < -0.3 is 19.8 Å². The average Bonchev–Trinajstić information content (AvgIpc) is 2.55. The van der Waals surface area contributed by atoms with Crippen molar-refractivity contribution in [2.24, 2.45) is 0 Å². The van der Waals surface area contributed by atoms with Crippen LogP contribution >= 0.6 is 0 Å². The zero-order valence-corrected chi connectivity index (χ0v) is 13.2. The lowest BCUT2D eigenvalue weighted by atomic mass is 9.91. The number of aliphatic hydroxyl groups excluding tert-OH is 1. The molecule has 1 aromatic carbocycles. The van der Waals surface area contributed by atoms with Gasteiger partial charge in [-0.15, -0.1) is 0 Å². The van der Waals surface area contributed by atoms with E-state index in [0.717, 1.165) is 6.07 Å². The quantitative estimate of drug-likeness (QED) is 0.870. The molecule has 0 aliphatic carbocycles. The van der Waals surface area contributed by atoms with Crippen LogP contribution < -0.4 is 0 Å². The number of ether oxygens (including phenoxy) is 1. The Morgan fingerprint density at radius 3 is 2.42 bits per heavy atom. The molecule has 1 heterocycles. The molecule has 0 radical (unpaired) electrons. The van der Waals surface area contributed by atoms with Gasteiger partial charge in [0.1, 0.15) is 0 Å². The van der Waals surface area contributed by atoms with E-state index in [1.807, 2.05) is 0 Å². The Hall–Kier alpha value is -1.64. The van der Waals surface area contributed by atoms with Crippen LogP contribution in [0.25, 0.3) is 0 Å². The lowest BCUT2D eigenvalue weighted by Gasteiger charge is -2.38. The number of piperidine rings is 1. The normalized spacial score (nSPS) is 19.2. The summed E-state index contributed by atoms with van der Waals surface area (Å²) in [6, 6.07) is 4.81. The van der Waals surface area contributed by atoms with Gasteiger partial charge in [-0.05, 0) is 18.9 Å². The van der Waals surface area contributed by atoms with Gasteiger partial charge in [-0.2, -0.15) is 13.2 Å². The molecule has 5 nitrogen and oxygen atoms in total. The number of carbonyl (C=O) groups is 1. The first-order chi connectivity index (χ1) is 11.2. The van der Waals surface area contributed by atoms with E-state index in [4.69, 9.17) is 9.84 Å². The van der Waals surface area contributed by atoms with Crippen molar-refractivity contribution < 1.29 is 32.9 Å². The highest BCUT2D eigenvalue weighted by Gasteiger charge is 2.40. The molecule has 0 spiro atoms. The van der Waals surface area contributed by atoms with Gasteiger partial charge in [-0.25, -0.2) is 0 Å². The zero-order chi connectivity index (χ0) is 18.0. The Morgan fingerprint density at radius 2 is 1.92 bits per heavy atom. The number of hydrogen-bond acceptors (Lipinski definition) is 4. The zero-order valence-electron chi connectivity index (χ0n) is 13.2. The molecule has 1 aromatic rings. The van der Waals surface area contributed by atoms with E-state index in [1.54, 1.807) is 0 Å². The van der Waals surface area contributed by atoms with E-state index in [-0.39, 0.29) is 31.5 Å². The largest absolute Gasteiger partial charge is 0.416 e. The molecule has 1 atom stereocenters. The van der Waals surface area contributed by atoms with Gasteiger partial charge in [-0.1, -0.05) is 18.2 Å². The SMILES string of the molecule is COC(C(=O)N1CCC(O)(CO)CC1)c1ccccc1C(F)(F)F. The summed E-state index contributed by atoms with van der Waals surface area (Å²) in [5, 5.41) is 19.1. The maximum Gasteiger partial charge on any atom is 0.416 e. The molecule has 0 saturated carbocycles. The van der Waals surface area contributed by atoms with E-state index in [0.29, 0.717) is 0 Å². The molecule has 134 valence electrons. The van der Waals surface area contributed by atoms with Crippen LogP contribution in [0.5, 0.6) is 0 Å². The summed E-state index contributed by atoms with van der Waals surface area (Å²) in [7, 11) is 1.18. The van der Waals surface area contributed by atoms with Crippen LogP contribution in [-0.4, -0.2) is 53.4 Å². The molecule has 0 bridgehead atoms. The Bertz CT molecular complexity index is 583. The molecular formula is C16H20F3NO4. The number of aliphatic hydroxyl groups is 2. The molecule has 1 aliphatic heterocycles. The van der Waals surface area contributed by atoms with Crippen molar-refractivity contribution in [1.82, 2.24) is 4.90 Å². The second-order valence-electron chi connectivity index (χ2n) is 5.91. The minimum Gasteiger partial charge on any atom is -0.393 e. The maximum atomic E-state index is 13.2. The molecule has 0 aromatic heterocycles. The predicted molar refractivity (Wildman–Crippen MR) is 79.0 cm³/mol. The Kier molecular flexibility index (Phi) is 5.52. The molecule has 24 heavy (non-hydrogen) atoms. The number of alkyl halides is 3. The number of benzene rings is 1.